The Morgan fingerprint density at radius 3 is 2.61 bits per heavy atom. The molecule has 5 rings (SSSR count). The Morgan fingerprint density at radius 1 is 0.939 bits per heavy atom. The van der Waals surface area contributed by atoms with Crippen LogP contribution in [-0.4, -0.2) is 30.1 Å². The summed E-state index contributed by atoms with van der Waals surface area (Å²) in [7, 11) is 3.20. The highest BCUT2D eigenvalue weighted by atomic mass is 79.9. The van der Waals surface area contributed by atoms with Crippen LogP contribution in [-0.2, 0) is 0 Å². The lowest BCUT2D eigenvalue weighted by molar-refractivity contribution is 0.102. The minimum Gasteiger partial charge on any atom is -0.497 e. The van der Waals surface area contributed by atoms with Gasteiger partial charge in [-0.3, -0.25) is 10.1 Å². The molecule has 6 nitrogen and oxygen atoms in total. The fourth-order valence-electron chi connectivity index (χ4n) is 3.63. The second-order valence-corrected chi connectivity index (χ2v) is 9.17. The predicted octanol–water partition coefficient (Wildman–Crippen LogP) is 6.54. The van der Waals surface area contributed by atoms with Crippen LogP contribution >= 0.6 is 27.3 Å². The van der Waals surface area contributed by atoms with E-state index in [2.05, 4.69) is 26.2 Å². The van der Waals surface area contributed by atoms with Gasteiger partial charge in [-0.15, -0.1) is 0 Å². The lowest BCUT2D eigenvalue weighted by Gasteiger charge is -2.13. The van der Waals surface area contributed by atoms with E-state index < -0.39 is 0 Å². The third-order valence-corrected chi connectivity index (χ3v) is 6.64. The molecule has 1 amide bonds. The molecule has 0 unspecified atom stereocenters. The van der Waals surface area contributed by atoms with Gasteiger partial charge in [-0.2, -0.15) is 0 Å². The highest BCUT2D eigenvalue weighted by Crippen LogP contribution is 2.35. The van der Waals surface area contributed by atoms with Crippen LogP contribution in [0.5, 0.6) is 11.5 Å². The first-order chi connectivity index (χ1) is 16.1. The molecule has 3 aromatic carbocycles. The number of aromatic nitrogens is 2. The largest absolute Gasteiger partial charge is 0.497 e. The third kappa shape index (κ3) is 4.15. The second-order valence-electron chi connectivity index (χ2n) is 7.22. The van der Waals surface area contributed by atoms with E-state index in [0.717, 1.165) is 25.6 Å². The molecule has 33 heavy (non-hydrogen) atoms. The number of carbonyl (C=O) groups excluding carboxylic acids is 1. The SMILES string of the molecule is COc1ccc(-c2cc(C(=O)Nc3nc4ccc(Br)cc4s3)c3ccccc3n2)c(OC)c1. The summed E-state index contributed by atoms with van der Waals surface area (Å²) in [4.78, 5) is 22.7. The Hall–Kier alpha value is -3.49. The number of hydrogen-bond acceptors (Lipinski definition) is 6. The van der Waals surface area contributed by atoms with Gasteiger partial charge in [-0.05, 0) is 42.5 Å². The Bertz CT molecular complexity index is 1520. The number of hydrogen-bond donors (Lipinski definition) is 1. The van der Waals surface area contributed by atoms with Crippen molar-refractivity contribution in [2.24, 2.45) is 0 Å². The molecule has 0 saturated carbocycles. The zero-order valence-corrected chi connectivity index (χ0v) is 20.2. The number of methoxy groups -OCH3 is 2. The number of thiazole rings is 1. The van der Waals surface area contributed by atoms with Crippen molar-refractivity contribution in [2.75, 3.05) is 19.5 Å². The van der Waals surface area contributed by atoms with Crippen molar-refractivity contribution >= 4 is 59.4 Å². The number of fused-ring (bicyclic) bond motifs is 2. The number of rotatable bonds is 5. The Labute approximate surface area is 202 Å². The molecule has 0 aliphatic rings. The third-order valence-electron chi connectivity index (χ3n) is 5.22. The van der Waals surface area contributed by atoms with Crippen molar-refractivity contribution in [2.45, 2.75) is 0 Å². The van der Waals surface area contributed by atoms with Crippen LogP contribution in [0.2, 0.25) is 0 Å². The number of nitrogens with zero attached hydrogens (tertiary/aromatic N) is 2. The van der Waals surface area contributed by atoms with Gasteiger partial charge in [-0.25, -0.2) is 9.97 Å². The molecule has 0 radical (unpaired) electrons. The van der Waals surface area contributed by atoms with E-state index in [1.807, 2.05) is 54.6 Å². The molecule has 0 saturated heterocycles. The number of anilines is 1. The molecule has 0 bridgehead atoms. The second kappa shape index (κ2) is 8.80. The molecule has 0 atom stereocenters. The van der Waals surface area contributed by atoms with Crippen molar-refractivity contribution < 1.29 is 14.3 Å². The average molecular weight is 520 g/mol. The number of halogens is 1. The summed E-state index contributed by atoms with van der Waals surface area (Å²) in [6.07, 6.45) is 0. The van der Waals surface area contributed by atoms with Crippen molar-refractivity contribution in [1.29, 1.82) is 0 Å². The summed E-state index contributed by atoms with van der Waals surface area (Å²) in [5.74, 6) is 1.04. The molecule has 0 aliphatic heterocycles. The van der Waals surface area contributed by atoms with E-state index in [9.17, 15) is 4.79 Å². The van der Waals surface area contributed by atoms with Crippen LogP contribution < -0.4 is 14.8 Å². The molecule has 0 fully saturated rings. The van der Waals surface area contributed by atoms with Crippen LogP contribution in [0.4, 0.5) is 5.13 Å². The number of pyridine rings is 1. The predicted molar refractivity (Wildman–Crippen MR) is 136 cm³/mol. The minimum atomic E-state index is -0.250. The number of benzene rings is 3. The zero-order chi connectivity index (χ0) is 22.9. The summed E-state index contributed by atoms with van der Waals surface area (Å²) in [5, 5.41) is 4.26. The maximum absolute atomic E-state index is 13.4. The first kappa shape index (κ1) is 21.4. The summed E-state index contributed by atoms with van der Waals surface area (Å²) < 4.78 is 12.8. The topological polar surface area (TPSA) is 73.3 Å². The zero-order valence-electron chi connectivity index (χ0n) is 17.8. The lowest BCUT2D eigenvalue weighted by atomic mass is 10.0. The minimum absolute atomic E-state index is 0.250. The highest BCUT2D eigenvalue weighted by molar-refractivity contribution is 9.10. The van der Waals surface area contributed by atoms with Gasteiger partial charge in [-0.1, -0.05) is 45.5 Å². The monoisotopic (exact) mass is 519 g/mol. The number of nitrogens with one attached hydrogen (secondary N) is 1. The van der Waals surface area contributed by atoms with Crippen LogP contribution in [0.1, 0.15) is 10.4 Å². The maximum atomic E-state index is 13.4. The van der Waals surface area contributed by atoms with Crippen molar-refractivity contribution in [1.82, 2.24) is 9.97 Å². The van der Waals surface area contributed by atoms with Gasteiger partial charge < -0.3 is 9.47 Å². The van der Waals surface area contributed by atoms with E-state index in [4.69, 9.17) is 14.5 Å². The van der Waals surface area contributed by atoms with Crippen LogP contribution in [0.3, 0.4) is 0 Å². The van der Waals surface area contributed by atoms with Crippen molar-refractivity contribution in [3.8, 4) is 22.8 Å². The molecule has 5 aromatic rings. The van der Waals surface area contributed by atoms with Gasteiger partial charge in [0.25, 0.3) is 5.91 Å². The number of para-hydroxylation sites is 1. The molecule has 8 heteroatoms. The maximum Gasteiger partial charge on any atom is 0.258 e. The van der Waals surface area contributed by atoms with Gasteiger partial charge in [0.15, 0.2) is 5.13 Å². The summed E-state index contributed by atoms with van der Waals surface area (Å²) in [6.45, 7) is 0. The van der Waals surface area contributed by atoms with E-state index in [0.29, 0.717) is 33.4 Å². The fraction of sp³-hybridized carbons (Fsp3) is 0.0800. The molecular weight excluding hydrogens is 502 g/mol. The van der Waals surface area contributed by atoms with Gasteiger partial charge >= 0.3 is 0 Å². The molecular formula is C25H18BrN3O3S. The summed E-state index contributed by atoms with van der Waals surface area (Å²) >= 11 is 4.90. The van der Waals surface area contributed by atoms with Crippen LogP contribution in [0.25, 0.3) is 32.4 Å². The number of carbonyl (C=O) groups is 1. The summed E-state index contributed by atoms with van der Waals surface area (Å²) in [5.41, 5.74) is 3.46. The van der Waals surface area contributed by atoms with Crippen LogP contribution in [0.15, 0.2) is 71.2 Å². The number of ether oxygens (including phenoxy) is 2. The Morgan fingerprint density at radius 2 is 1.79 bits per heavy atom. The average Bonchev–Trinajstić information content (AvgIpc) is 3.24. The van der Waals surface area contributed by atoms with E-state index in [1.54, 1.807) is 26.4 Å². The smallest absolute Gasteiger partial charge is 0.258 e. The van der Waals surface area contributed by atoms with Gasteiger partial charge in [0, 0.05) is 21.5 Å². The Kier molecular flexibility index (Phi) is 5.70. The molecule has 0 spiro atoms. The first-order valence-electron chi connectivity index (χ1n) is 10.1. The van der Waals surface area contributed by atoms with Crippen molar-refractivity contribution in [3.05, 3.63) is 76.8 Å². The van der Waals surface area contributed by atoms with Gasteiger partial charge in [0.2, 0.25) is 0 Å². The van der Waals surface area contributed by atoms with E-state index >= 15 is 0 Å². The highest BCUT2D eigenvalue weighted by Gasteiger charge is 2.18. The van der Waals surface area contributed by atoms with Crippen molar-refractivity contribution in [3.63, 3.8) is 0 Å². The van der Waals surface area contributed by atoms with E-state index in [-0.39, 0.29) is 5.91 Å². The van der Waals surface area contributed by atoms with Gasteiger partial charge in [0.05, 0.1) is 41.2 Å². The molecule has 0 aliphatic carbocycles. The van der Waals surface area contributed by atoms with Gasteiger partial charge in [0.1, 0.15) is 11.5 Å². The normalized spacial score (nSPS) is 11.0. The standard InChI is InChI=1S/C25H18BrN3O3S/c1-31-15-8-9-17(22(12-15)32-2)21-13-18(16-5-3-4-6-19(16)27-21)24(30)29-25-28-20-10-7-14(26)11-23(20)33-25/h3-13H,1-2H3,(H,28,29,30). The summed E-state index contributed by atoms with van der Waals surface area (Å²) in [6, 6.07) is 20.7. The number of amides is 1. The Balaban J connectivity index is 1.59. The fourth-order valence-corrected chi connectivity index (χ4v) is 5.04. The quantitative estimate of drug-likeness (QED) is 0.285. The van der Waals surface area contributed by atoms with E-state index in [1.165, 1.54) is 11.3 Å². The molecule has 2 aromatic heterocycles. The first-order valence-corrected chi connectivity index (χ1v) is 11.7. The molecule has 2 heterocycles. The molecule has 1 N–H and O–H groups in total. The van der Waals surface area contributed by atoms with Crippen LogP contribution in [0, 0.1) is 0 Å². The molecule has 164 valence electrons. The lowest BCUT2D eigenvalue weighted by Crippen LogP contribution is -2.13.